The average molecular weight is 386 g/mol. The van der Waals surface area contributed by atoms with Crippen molar-refractivity contribution < 1.29 is 14.2 Å². The molecular weight excluding hydrogens is 360 g/mol. The minimum Gasteiger partial charge on any atom is -0.377 e. The Labute approximate surface area is 173 Å². The van der Waals surface area contributed by atoms with Crippen LogP contribution in [0.4, 0.5) is 0 Å². The minimum atomic E-state index is -0.715. The van der Waals surface area contributed by atoms with E-state index in [1.807, 2.05) is 54.6 Å². The zero-order chi connectivity index (χ0) is 20.2. The molecule has 3 nitrogen and oxygen atoms in total. The lowest BCUT2D eigenvalue weighted by molar-refractivity contribution is -0.0317. The molecule has 0 saturated heterocycles. The van der Waals surface area contributed by atoms with Gasteiger partial charge in [0, 0.05) is 0 Å². The SMILES string of the molecule is C#CCOCCOCCOC(c1ccccc1)(c1ccccc1)c1ccccc1. The summed E-state index contributed by atoms with van der Waals surface area (Å²) in [6.45, 7) is 2.17. The monoisotopic (exact) mass is 386 g/mol. The van der Waals surface area contributed by atoms with Crippen molar-refractivity contribution in [3.63, 3.8) is 0 Å². The normalized spacial score (nSPS) is 11.1. The van der Waals surface area contributed by atoms with Gasteiger partial charge in [-0.2, -0.15) is 0 Å². The predicted octanol–water partition coefficient (Wildman–Crippen LogP) is 4.66. The van der Waals surface area contributed by atoms with E-state index in [1.54, 1.807) is 0 Å². The first kappa shape index (κ1) is 20.8. The van der Waals surface area contributed by atoms with Crippen LogP contribution in [0.1, 0.15) is 16.7 Å². The van der Waals surface area contributed by atoms with E-state index in [0.29, 0.717) is 33.0 Å². The molecule has 0 heterocycles. The Morgan fingerprint density at radius 1 is 0.586 bits per heavy atom. The third kappa shape index (κ3) is 5.34. The molecule has 3 aromatic carbocycles. The maximum atomic E-state index is 6.62. The standard InChI is InChI=1S/C26H26O3/c1-2-18-27-19-20-28-21-22-29-26(23-12-6-3-7-13-23,24-14-8-4-9-15-24)25-16-10-5-11-17-25/h1,3-17H,18-22H2. The predicted molar refractivity (Wildman–Crippen MR) is 116 cm³/mol. The molecule has 0 bridgehead atoms. The van der Waals surface area contributed by atoms with Crippen LogP contribution >= 0.6 is 0 Å². The van der Waals surface area contributed by atoms with Crippen LogP contribution in [0.25, 0.3) is 0 Å². The fraction of sp³-hybridized carbons (Fsp3) is 0.231. The molecule has 3 heteroatoms. The number of rotatable bonds is 11. The van der Waals surface area contributed by atoms with Crippen LogP contribution in [0.5, 0.6) is 0 Å². The van der Waals surface area contributed by atoms with Gasteiger partial charge in [-0.25, -0.2) is 0 Å². The Bertz CT molecular complexity index is 773. The summed E-state index contributed by atoms with van der Waals surface area (Å²) in [6.07, 6.45) is 5.17. The van der Waals surface area contributed by atoms with Crippen molar-refractivity contribution in [3.05, 3.63) is 108 Å². The largest absolute Gasteiger partial charge is 0.377 e. The second-order valence-electron chi connectivity index (χ2n) is 6.50. The molecule has 3 rings (SSSR count). The molecule has 0 N–H and O–H groups in total. The Balaban J connectivity index is 1.84. The molecule has 0 aromatic heterocycles. The van der Waals surface area contributed by atoms with Crippen molar-refractivity contribution in [2.45, 2.75) is 5.60 Å². The molecule has 0 aliphatic heterocycles. The number of terminal acetylenes is 1. The highest BCUT2D eigenvalue weighted by Gasteiger charge is 2.37. The molecule has 0 unspecified atom stereocenters. The molecule has 0 fully saturated rings. The van der Waals surface area contributed by atoms with Gasteiger partial charge < -0.3 is 14.2 Å². The first-order chi connectivity index (χ1) is 14.4. The third-order valence-electron chi connectivity index (χ3n) is 4.64. The number of hydrogen-bond donors (Lipinski definition) is 0. The second-order valence-corrected chi connectivity index (χ2v) is 6.50. The average Bonchev–Trinajstić information content (AvgIpc) is 2.80. The number of ether oxygens (including phenoxy) is 3. The van der Waals surface area contributed by atoms with Crippen LogP contribution in [0, 0.1) is 12.3 Å². The van der Waals surface area contributed by atoms with E-state index in [1.165, 1.54) is 0 Å². The fourth-order valence-corrected chi connectivity index (χ4v) is 3.37. The first-order valence-electron chi connectivity index (χ1n) is 9.77. The van der Waals surface area contributed by atoms with Gasteiger partial charge in [-0.3, -0.25) is 0 Å². The molecule has 0 aliphatic rings. The van der Waals surface area contributed by atoms with Crippen molar-refractivity contribution in [1.29, 1.82) is 0 Å². The minimum absolute atomic E-state index is 0.305. The van der Waals surface area contributed by atoms with Crippen LogP contribution in [0.15, 0.2) is 91.0 Å². The summed E-state index contributed by atoms with van der Waals surface area (Å²) in [6, 6.07) is 30.9. The van der Waals surface area contributed by atoms with E-state index >= 15 is 0 Å². The van der Waals surface area contributed by atoms with Crippen LogP contribution in [-0.4, -0.2) is 33.0 Å². The van der Waals surface area contributed by atoms with Crippen molar-refractivity contribution >= 4 is 0 Å². The third-order valence-corrected chi connectivity index (χ3v) is 4.64. The van der Waals surface area contributed by atoms with Crippen molar-refractivity contribution in [2.75, 3.05) is 33.0 Å². The number of hydrogen-bond acceptors (Lipinski definition) is 3. The molecule has 0 amide bonds. The second kappa shape index (κ2) is 11.2. The molecule has 29 heavy (non-hydrogen) atoms. The van der Waals surface area contributed by atoms with Gasteiger partial charge in [-0.15, -0.1) is 6.42 Å². The van der Waals surface area contributed by atoms with Gasteiger partial charge in [-0.1, -0.05) is 96.9 Å². The molecule has 0 radical (unpaired) electrons. The summed E-state index contributed by atoms with van der Waals surface area (Å²) in [7, 11) is 0. The Morgan fingerprint density at radius 3 is 1.45 bits per heavy atom. The summed E-state index contributed by atoms with van der Waals surface area (Å²) in [4.78, 5) is 0. The quantitative estimate of drug-likeness (QED) is 0.272. The first-order valence-corrected chi connectivity index (χ1v) is 9.77. The highest BCUT2D eigenvalue weighted by Crippen LogP contribution is 2.40. The Morgan fingerprint density at radius 2 is 1.00 bits per heavy atom. The van der Waals surface area contributed by atoms with Crippen LogP contribution in [-0.2, 0) is 19.8 Å². The zero-order valence-corrected chi connectivity index (χ0v) is 16.5. The highest BCUT2D eigenvalue weighted by atomic mass is 16.5. The van der Waals surface area contributed by atoms with Gasteiger partial charge in [-0.05, 0) is 16.7 Å². The lowest BCUT2D eigenvalue weighted by atomic mass is 9.80. The van der Waals surface area contributed by atoms with E-state index in [4.69, 9.17) is 20.6 Å². The van der Waals surface area contributed by atoms with E-state index in [0.717, 1.165) is 16.7 Å². The highest BCUT2D eigenvalue weighted by molar-refractivity contribution is 5.47. The van der Waals surface area contributed by atoms with Crippen molar-refractivity contribution in [1.82, 2.24) is 0 Å². The molecule has 148 valence electrons. The smallest absolute Gasteiger partial charge is 0.143 e. The van der Waals surface area contributed by atoms with Crippen LogP contribution in [0.3, 0.4) is 0 Å². The number of benzene rings is 3. The van der Waals surface area contributed by atoms with E-state index in [2.05, 4.69) is 42.3 Å². The van der Waals surface area contributed by atoms with Crippen LogP contribution < -0.4 is 0 Å². The van der Waals surface area contributed by atoms with E-state index < -0.39 is 5.60 Å². The molecule has 3 aromatic rings. The van der Waals surface area contributed by atoms with Gasteiger partial charge in [0.15, 0.2) is 0 Å². The lowest BCUT2D eigenvalue weighted by Gasteiger charge is -2.36. The van der Waals surface area contributed by atoms with Crippen LogP contribution in [0.2, 0.25) is 0 Å². The van der Waals surface area contributed by atoms with Crippen molar-refractivity contribution in [2.24, 2.45) is 0 Å². The van der Waals surface area contributed by atoms with E-state index in [-0.39, 0.29) is 0 Å². The summed E-state index contributed by atoms with van der Waals surface area (Å²) in [5.74, 6) is 2.44. The van der Waals surface area contributed by atoms with Gasteiger partial charge >= 0.3 is 0 Å². The topological polar surface area (TPSA) is 27.7 Å². The molecule has 0 atom stereocenters. The molecule has 0 aliphatic carbocycles. The Kier molecular flexibility index (Phi) is 8.03. The molecule has 0 saturated carbocycles. The summed E-state index contributed by atoms with van der Waals surface area (Å²) in [5, 5.41) is 0. The summed E-state index contributed by atoms with van der Waals surface area (Å²) >= 11 is 0. The maximum absolute atomic E-state index is 6.62. The lowest BCUT2D eigenvalue weighted by Crippen LogP contribution is -2.34. The van der Waals surface area contributed by atoms with Gasteiger partial charge in [0.2, 0.25) is 0 Å². The molecular formula is C26H26O3. The summed E-state index contributed by atoms with van der Waals surface area (Å²) < 4.78 is 17.5. The molecule has 0 spiro atoms. The van der Waals surface area contributed by atoms with Gasteiger partial charge in [0.1, 0.15) is 12.2 Å². The van der Waals surface area contributed by atoms with Gasteiger partial charge in [0.05, 0.1) is 26.4 Å². The zero-order valence-electron chi connectivity index (χ0n) is 16.5. The Hall–Kier alpha value is -2.90. The fourth-order valence-electron chi connectivity index (χ4n) is 3.37. The van der Waals surface area contributed by atoms with E-state index in [9.17, 15) is 0 Å². The van der Waals surface area contributed by atoms with Gasteiger partial charge in [0.25, 0.3) is 0 Å². The van der Waals surface area contributed by atoms with Crippen molar-refractivity contribution in [3.8, 4) is 12.3 Å². The maximum Gasteiger partial charge on any atom is 0.143 e. The summed E-state index contributed by atoms with van der Waals surface area (Å²) in [5.41, 5.74) is 2.52.